The minimum absolute atomic E-state index is 0.262. The van der Waals surface area contributed by atoms with Gasteiger partial charge in [0.2, 0.25) is 0 Å². The van der Waals surface area contributed by atoms with Gasteiger partial charge in [0.15, 0.2) is 5.15 Å². The molecule has 3 rings (SSSR count). The van der Waals surface area contributed by atoms with Crippen molar-refractivity contribution < 1.29 is 4.39 Å². The van der Waals surface area contributed by atoms with Gasteiger partial charge < -0.3 is 0 Å². The lowest BCUT2D eigenvalue weighted by Crippen LogP contribution is -1.89. The fourth-order valence-electron chi connectivity index (χ4n) is 1.96. The molecular weight excluding hydrogens is 251 g/mol. The van der Waals surface area contributed by atoms with Gasteiger partial charge in [0.1, 0.15) is 11.6 Å². The normalized spacial score (nSPS) is 11.1. The van der Waals surface area contributed by atoms with Gasteiger partial charge >= 0.3 is 0 Å². The van der Waals surface area contributed by atoms with E-state index in [0.29, 0.717) is 5.15 Å². The summed E-state index contributed by atoms with van der Waals surface area (Å²) in [6.07, 6.45) is 1.92. The Balaban J connectivity index is 2.26. The number of nitrogens with zero attached hydrogens (tertiary/aromatic N) is 2. The number of hydrogen-bond donors (Lipinski definition) is 0. The topological polar surface area (TPSA) is 17.3 Å². The predicted octanol–water partition coefficient (Wildman–Crippen LogP) is 4.10. The highest BCUT2D eigenvalue weighted by Gasteiger charge is 2.11. The summed E-state index contributed by atoms with van der Waals surface area (Å²) in [4.78, 5) is 4.34. The molecular formula is C14H10ClFN2. The zero-order valence-corrected chi connectivity index (χ0v) is 10.4. The van der Waals surface area contributed by atoms with Gasteiger partial charge in [0, 0.05) is 11.8 Å². The molecule has 18 heavy (non-hydrogen) atoms. The van der Waals surface area contributed by atoms with Crippen molar-refractivity contribution in [2.75, 3.05) is 0 Å². The van der Waals surface area contributed by atoms with E-state index in [9.17, 15) is 4.39 Å². The van der Waals surface area contributed by atoms with Crippen LogP contribution in [0.4, 0.5) is 4.39 Å². The second-order valence-corrected chi connectivity index (χ2v) is 4.55. The van der Waals surface area contributed by atoms with Crippen LogP contribution in [0.1, 0.15) is 5.56 Å². The van der Waals surface area contributed by atoms with Gasteiger partial charge in [-0.2, -0.15) is 0 Å². The molecule has 0 atom stereocenters. The second kappa shape index (κ2) is 4.10. The lowest BCUT2D eigenvalue weighted by molar-refractivity contribution is 0.628. The minimum Gasteiger partial charge on any atom is -0.298 e. The first-order valence-corrected chi connectivity index (χ1v) is 5.93. The van der Waals surface area contributed by atoms with E-state index in [-0.39, 0.29) is 5.82 Å². The van der Waals surface area contributed by atoms with Crippen LogP contribution in [-0.2, 0) is 0 Å². The standard InChI is InChI=1S/C14H10ClFN2/c1-9-6-7-18-12(8-9)13(15)17-14(18)10-2-4-11(16)5-3-10/h2-8H,1H3. The van der Waals surface area contributed by atoms with Crippen molar-refractivity contribution >= 4 is 17.1 Å². The maximum atomic E-state index is 12.9. The number of aryl methyl sites for hydroxylation is 1. The molecule has 0 amide bonds. The summed E-state index contributed by atoms with van der Waals surface area (Å²) in [7, 11) is 0. The van der Waals surface area contributed by atoms with Crippen molar-refractivity contribution in [2.45, 2.75) is 6.92 Å². The molecule has 0 spiro atoms. The van der Waals surface area contributed by atoms with Gasteiger partial charge in [0.05, 0.1) is 5.52 Å². The highest BCUT2D eigenvalue weighted by atomic mass is 35.5. The fourth-order valence-corrected chi connectivity index (χ4v) is 2.18. The second-order valence-electron chi connectivity index (χ2n) is 4.19. The first-order valence-electron chi connectivity index (χ1n) is 5.55. The number of benzene rings is 1. The largest absolute Gasteiger partial charge is 0.298 e. The maximum Gasteiger partial charge on any atom is 0.155 e. The highest BCUT2D eigenvalue weighted by Crippen LogP contribution is 2.26. The molecule has 0 aliphatic heterocycles. The van der Waals surface area contributed by atoms with Crippen LogP contribution < -0.4 is 0 Å². The Hall–Kier alpha value is -1.87. The van der Waals surface area contributed by atoms with E-state index < -0.39 is 0 Å². The van der Waals surface area contributed by atoms with Crippen LogP contribution in [-0.4, -0.2) is 9.38 Å². The summed E-state index contributed by atoms with van der Waals surface area (Å²) in [6.45, 7) is 2.00. The molecule has 3 aromatic rings. The van der Waals surface area contributed by atoms with Crippen LogP contribution in [0.15, 0.2) is 42.6 Å². The molecule has 2 nitrogen and oxygen atoms in total. The third-order valence-corrected chi connectivity index (χ3v) is 3.13. The van der Waals surface area contributed by atoms with Crippen molar-refractivity contribution in [1.29, 1.82) is 0 Å². The van der Waals surface area contributed by atoms with Gasteiger partial charge in [-0.15, -0.1) is 0 Å². The summed E-state index contributed by atoms with van der Waals surface area (Å²) < 4.78 is 14.8. The van der Waals surface area contributed by atoms with Crippen molar-refractivity contribution in [3.63, 3.8) is 0 Å². The number of rotatable bonds is 1. The first kappa shape index (κ1) is 11.2. The van der Waals surface area contributed by atoms with Gasteiger partial charge in [-0.05, 0) is 48.9 Å². The van der Waals surface area contributed by atoms with E-state index >= 15 is 0 Å². The van der Waals surface area contributed by atoms with E-state index in [2.05, 4.69) is 4.98 Å². The van der Waals surface area contributed by atoms with Crippen molar-refractivity contribution in [2.24, 2.45) is 0 Å². The monoisotopic (exact) mass is 260 g/mol. The Morgan fingerprint density at radius 1 is 1.17 bits per heavy atom. The Morgan fingerprint density at radius 3 is 2.61 bits per heavy atom. The lowest BCUT2D eigenvalue weighted by Gasteiger charge is -2.01. The van der Waals surface area contributed by atoms with Crippen LogP contribution >= 0.6 is 11.6 Å². The first-order chi connectivity index (χ1) is 8.65. The number of fused-ring (bicyclic) bond motifs is 1. The highest BCUT2D eigenvalue weighted by molar-refractivity contribution is 6.32. The zero-order chi connectivity index (χ0) is 12.7. The van der Waals surface area contributed by atoms with E-state index in [1.54, 1.807) is 12.1 Å². The van der Waals surface area contributed by atoms with Crippen LogP contribution in [0, 0.1) is 12.7 Å². The Bertz CT molecular complexity index is 716. The number of hydrogen-bond acceptors (Lipinski definition) is 1. The smallest absolute Gasteiger partial charge is 0.155 e. The third kappa shape index (κ3) is 1.77. The summed E-state index contributed by atoms with van der Waals surface area (Å²) >= 11 is 6.12. The fraction of sp³-hybridized carbons (Fsp3) is 0.0714. The van der Waals surface area contributed by atoms with Crippen molar-refractivity contribution in [3.05, 3.63) is 59.1 Å². The predicted molar refractivity (Wildman–Crippen MR) is 70.3 cm³/mol. The Labute approximate surface area is 109 Å². The molecule has 0 unspecified atom stereocenters. The summed E-state index contributed by atoms with van der Waals surface area (Å²) in [5.41, 5.74) is 2.81. The van der Waals surface area contributed by atoms with Crippen molar-refractivity contribution in [1.82, 2.24) is 9.38 Å². The average molecular weight is 261 g/mol. The molecule has 0 radical (unpaired) electrons. The lowest BCUT2D eigenvalue weighted by atomic mass is 10.2. The molecule has 0 aliphatic rings. The van der Waals surface area contributed by atoms with E-state index in [1.807, 2.05) is 29.7 Å². The number of halogens is 2. The molecule has 2 aromatic heterocycles. The molecule has 0 saturated carbocycles. The average Bonchev–Trinajstić information content (AvgIpc) is 2.68. The van der Waals surface area contributed by atoms with Crippen LogP contribution in [0.2, 0.25) is 5.15 Å². The molecule has 0 aliphatic carbocycles. The minimum atomic E-state index is -0.262. The van der Waals surface area contributed by atoms with Gasteiger partial charge in [-0.1, -0.05) is 11.6 Å². The summed E-state index contributed by atoms with van der Waals surface area (Å²) in [6, 6.07) is 10.2. The summed E-state index contributed by atoms with van der Waals surface area (Å²) in [5, 5.41) is 0.457. The van der Waals surface area contributed by atoms with E-state index in [1.165, 1.54) is 12.1 Å². The molecule has 0 bridgehead atoms. The third-order valence-electron chi connectivity index (χ3n) is 2.86. The Kier molecular flexibility index (Phi) is 2.56. The van der Waals surface area contributed by atoms with Crippen LogP contribution in [0.25, 0.3) is 16.9 Å². The van der Waals surface area contributed by atoms with Gasteiger partial charge in [-0.25, -0.2) is 9.37 Å². The molecule has 90 valence electrons. The number of aromatic nitrogens is 2. The zero-order valence-electron chi connectivity index (χ0n) is 9.69. The molecule has 1 aromatic carbocycles. The molecule has 0 fully saturated rings. The molecule has 2 heterocycles. The summed E-state index contributed by atoms with van der Waals surface area (Å²) in [5.74, 6) is 0.455. The van der Waals surface area contributed by atoms with Gasteiger partial charge in [0.25, 0.3) is 0 Å². The van der Waals surface area contributed by atoms with Crippen LogP contribution in [0.5, 0.6) is 0 Å². The van der Waals surface area contributed by atoms with E-state index in [0.717, 1.165) is 22.5 Å². The SMILES string of the molecule is Cc1ccn2c(-c3ccc(F)cc3)nc(Cl)c2c1. The van der Waals surface area contributed by atoms with E-state index in [4.69, 9.17) is 11.6 Å². The number of pyridine rings is 1. The maximum absolute atomic E-state index is 12.9. The Morgan fingerprint density at radius 2 is 1.89 bits per heavy atom. The molecule has 4 heteroatoms. The molecule has 0 saturated heterocycles. The quantitative estimate of drug-likeness (QED) is 0.644. The van der Waals surface area contributed by atoms with Crippen LogP contribution in [0.3, 0.4) is 0 Å². The van der Waals surface area contributed by atoms with Gasteiger partial charge in [-0.3, -0.25) is 4.40 Å². The van der Waals surface area contributed by atoms with Crippen molar-refractivity contribution in [3.8, 4) is 11.4 Å². The molecule has 0 N–H and O–H groups in total. The number of imidazole rings is 1.